The maximum absolute atomic E-state index is 12.7. The third-order valence-corrected chi connectivity index (χ3v) is 7.48. The van der Waals surface area contributed by atoms with Crippen molar-refractivity contribution in [2.24, 2.45) is 17.8 Å². The molecule has 0 saturated heterocycles. The molecular weight excluding hydrogens is 388 g/mol. The normalized spacial score (nSPS) is 23.0. The van der Waals surface area contributed by atoms with Crippen LogP contribution in [0.1, 0.15) is 32.1 Å². The second kappa shape index (κ2) is 8.06. The highest BCUT2D eigenvalue weighted by Gasteiger charge is 2.40. The monoisotopic (exact) mass is 414 g/mol. The lowest BCUT2D eigenvalue weighted by Crippen LogP contribution is -2.20. The van der Waals surface area contributed by atoms with E-state index in [1.807, 2.05) is 0 Å². The fraction of sp³-hybridized carbons (Fsp3) is 0.409. The average Bonchev–Trinajstić information content (AvgIpc) is 3.31. The molecule has 0 heterocycles. The molecule has 0 aromatic heterocycles. The van der Waals surface area contributed by atoms with Crippen molar-refractivity contribution in [3.05, 3.63) is 48.5 Å². The summed E-state index contributed by atoms with van der Waals surface area (Å²) in [6.07, 6.45) is 5.49. The predicted molar refractivity (Wildman–Crippen MR) is 112 cm³/mol. The van der Waals surface area contributed by atoms with Gasteiger partial charge in [0, 0.05) is 17.8 Å². The number of methoxy groups -OCH3 is 1. The summed E-state index contributed by atoms with van der Waals surface area (Å²) in [6.45, 7) is 0. The van der Waals surface area contributed by atoms with Gasteiger partial charge in [0.15, 0.2) is 0 Å². The van der Waals surface area contributed by atoms with Crippen LogP contribution in [0.2, 0.25) is 0 Å². The van der Waals surface area contributed by atoms with Gasteiger partial charge in [-0.05, 0) is 79.5 Å². The van der Waals surface area contributed by atoms with E-state index in [1.165, 1.54) is 31.4 Å². The van der Waals surface area contributed by atoms with E-state index >= 15 is 0 Å². The third-order valence-electron chi connectivity index (χ3n) is 6.10. The Labute approximate surface area is 171 Å². The number of ether oxygens (including phenoxy) is 1. The van der Waals surface area contributed by atoms with Crippen LogP contribution < -0.4 is 14.8 Å². The Bertz CT molecular complexity index is 988. The molecule has 0 radical (unpaired) electrons. The number of amides is 1. The van der Waals surface area contributed by atoms with Gasteiger partial charge < -0.3 is 10.1 Å². The van der Waals surface area contributed by atoms with E-state index in [-0.39, 0.29) is 10.8 Å². The van der Waals surface area contributed by atoms with E-state index < -0.39 is 10.0 Å². The van der Waals surface area contributed by atoms with Crippen molar-refractivity contribution in [1.82, 2.24) is 0 Å². The van der Waals surface area contributed by atoms with Gasteiger partial charge in [0.25, 0.3) is 10.0 Å². The lowest BCUT2D eigenvalue weighted by molar-refractivity contribution is -0.117. The van der Waals surface area contributed by atoms with Crippen LogP contribution in [0, 0.1) is 17.8 Å². The number of fused-ring (bicyclic) bond motifs is 2. The molecule has 29 heavy (non-hydrogen) atoms. The molecule has 2 fully saturated rings. The largest absolute Gasteiger partial charge is 0.497 e. The number of carbonyl (C=O) groups excluding carboxylic acids is 1. The van der Waals surface area contributed by atoms with Crippen molar-refractivity contribution in [1.29, 1.82) is 0 Å². The number of benzene rings is 2. The molecular formula is C22H26N2O4S. The predicted octanol–water partition coefficient (Wildman–Crippen LogP) is 4.26. The molecule has 2 aromatic rings. The lowest BCUT2D eigenvalue weighted by atomic mass is 9.86. The van der Waals surface area contributed by atoms with Crippen molar-refractivity contribution >= 4 is 27.3 Å². The maximum Gasteiger partial charge on any atom is 0.261 e. The highest BCUT2D eigenvalue weighted by Crippen LogP contribution is 2.49. The summed E-state index contributed by atoms with van der Waals surface area (Å²) in [5.41, 5.74) is 0.937. The molecule has 7 heteroatoms. The third kappa shape index (κ3) is 4.56. The zero-order valence-corrected chi connectivity index (χ0v) is 17.2. The second-order valence-electron chi connectivity index (χ2n) is 8.05. The molecule has 1 amide bonds. The summed E-state index contributed by atoms with van der Waals surface area (Å²) in [5.74, 6) is 2.56. The molecule has 6 nitrogen and oxygen atoms in total. The van der Waals surface area contributed by atoms with Gasteiger partial charge in [-0.15, -0.1) is 0 Å². The molecule has 2 aliphatic rings. The zero-order chi connectivity index (χ0) is 20.4. The Morgan fingerprint density at radius 1 is 1.07 bits per heavy atom. The smallest absolute Gasteiger partial charge is 0.261 e. The fourth-order valence-corrected chi connectivity index (χ4v) is 5.79. The lowest BCUT2D eigenvalue weighted by Gasteiger charge is -2.21. The van der Waals surface area contributed by atoms with Gasteiger partial charge in [0.05, 0.1) is 12.0 Å². The molecule has 2 N–H and O–H groups in total. The van der Waals surface area contributed by atoms with Gasteiger partial charge in [0.1, 0.15) is 5.75 Å². The van der Waals surface area contributed by atoms with E-state index in [1.54, 1.807) is 43.5 Å². The molecule has 154 valence electrons. The van der Waals surface area contributed by atoms with E-state index in [2.05, 4.69) is 10.0 Å². The fourth-order valence-electron chi connectivity index (χ4n) is 4.69. The molecule has 3 atom stereocenters. The Hall–Kier alpha value is -2.54. The minimum atomic E-state index is -3.76. The van der Waals surface area contributed by atoms with Crippen LogP contribution in [0.4, 0.5) is 11.4 Å². The summed E-state index contributed by atoms with van der Waals surface area (Å²) in [5, 5.41) is 2.87. The van der Waals surface area contributed by atoms with Gasteiger partial charge in [0.2, 0.25) is 5.91 Å². The molecule has 4 rings (SSSR count). The van der Waals surface area contributed by atoms with Crippen LogP contribution in [-0.2, 0) is 14.8 Å². The van der Waals surface area contributed by atoms with Crippen LogP contribution in [0.25, 0.3) is 0 Å². The Morgan fingerprint density at radius 3 is 2.52 bits per heavy atom. The molecule has 2 bridgehead atoms. The van der Waals surface area contributed by atoms with Crippen molar-refractivity contribution in [3.8, 4) is 5.75 Å². The minimum absolute atomic E-state index is 0.0415. The quantitative estimate of drug-likeness (QED) is 0.709. The Kier molecular flexibility index (Phi) is 5.50. The van der Waals surface area contributed by atoms with Gasteiger partial charge in [-0.25, -0.2) is 8.42 Å². The topological polar surface area (TPSA) is 84.5 Å². The molecule has 0 aliphatic heterocycles. The van der Waals surface area contributed by atoms with Gasteiger partial charge in [-0.2, -0.15) is 0 Å². The first-order chi connectivity index (χ1) is 13.9. The van der Waals surface area contributed by atoms with Gasteiger partial charge in [-0.3, -0.25) is 9.52 Å². The molecule has 0 spiro atoms. The van der Waals surface area contributed by atoms with E-state index in [0.29, 0.717) is 35.4 Å². The summed E-state index contributed by atoms with van der Waals surface area (Å²) in [7, 11) is -2.21. The number of hydrogen-bond donors (Lipinski definition) is 2. The van der Waals surface area contributed by atoms with Crippen LogP contribution in [0.5, 0.6) is 5.75 Å². The molecule has 2 saturated carbocycles. The van der Waals surface area contributed by atoms with Gasteiger partial charge >= 0.3 is 0 Å². The van der Waals surface area contributed by atoms with Crippen LogP contribution >= 0.6 is 0 Å². The number of carbonyl (C=O) groups is 1. The first kappa shape index (κ1) is 19.8. The second-order valence-corrected chi connectivity index (χ2v) is 9.73. The Balaban J connectivity index is 1.41. The van der Waals surface area contributed by atoms with Crippen molar-refractivity contribution in [2.75, 3.05) is 17.1 Å². The SMILES string of the molecule is COc1ccc(NS(=O)(=O)c2cccc(NC(=O)C[C@@H]3C[C@H]4CC[C@@H]3C4)c2)cc1. The first-order valence-corrected chi connectivity index (χ1v) is 11.5. The number of sulfonamides is 1. The van der Waals surface area contributed by atoms with Crippen molar-refractivity contribution in [3.63, 3.8) is 0 Å². The number of rotatable bonds is 7. The number of nitrogens with one attached hydrogen (secondary N) is 2. The Morgan fingerprint density at radius 2 is 1.86 bits per heavy atom. The van der Waals surface area contributed by atoms with Crippen LogP contribution in [0.3, 0.4) is 0 Å². The van der Waals surface area contributed by atoms with Crippen molar-refractivity contribution < 1.29 is 17.9 Å². The highest BCUT2D eigenvalue weighted by molar-refractivity contribution is 7.92. The van der Waals surface area contributed by atoms with Crippen molar-refractivity contribution in [2.45, 2.75) is 37.0 Å². The number of hydrogen-bond acceptors (Lipinski definition) is 4. The molecule has 0 unspecified atom stereocenters. The van der Waals surface area contributed by atoms with E-state index in [9.17, 15) is 13.2 Å². The highest BCUT2D eigenvalue weighted by atomic mass is 32.2. The summed E-state index contributed by atoms with van der Waals surface area (Å²) < 4.78 is 33.0. The zero-order valence-electron chi connectivity index (χ0n) is 16.4. The summed E-state index contributed by atoms with van der Waals surface area (Å²) in [6, 6.07) is 13.0. The number of anilines is 2. The maximum atomic E-state index is 12.7. The van der Waals surface area contributed by atoms with Gasteiger partial charge in [-0.1, -0.05) is 12.5 Å². The summed E-state index contributed by atoms with van der Waals surface area (Å²) in [4.78, 5) is 12.6. The van der Waals surface area contributed by atoms with E-state index in [0.717, 1.165) is 12.3 Å². The van der Waals surface area contributed by atoms with Crippen LogP contribution in [-0.4, -0.2) is 21.4 Å². The molecule has 2 aliphatic carbocycles. The van der Waals surface area contributed by atoms with E-state index in [4.69, 9.17) is 4.74 Å². The first-order valence-electron chi connectivity index (χ1n) is 10.00. The molecule has 2 aromatic carbocycles. The van der Waals surface area contributed by atoms with Crippen LogP contribution in [0.15, 0.2) is 53.4 Å². The average molecular weight is 415 g/mol. The minimum Gasteiger partial charge on any atom is -0.497 e. The summed E-state index contributed by atoms with van der Waals surface area (Å²) >= 11 is 0. The standard InChI is InChI=1S/C22H26N2O4S/c1-28-20-9-7-18(8-10-20)24-29(26,27)21-4-2-3-19(14-21)23-22(25)13-17-12-15-5-6-16(17)11-15/h2-4,7-10,14-17,24H,5-6,11-13H2,1H3,(H,23,25)/t15-,16+,17-/m0/s1.